The van der Waals surface area contributed by atoms with Gasteiger partial charge in [0.2, 0.25) is 0 Å². The fraction of sp³-hybridized carbons (Fsp3) is 0.148. The fourth-order valence-corrected chi connectivity index (χ4v) is 4.27. The van der Waals surface area contributed by atoms with Crippen molar-refractivity contribution in [3.63, 3.8) is 0 Å². The van der Waals surface area contributed by atoms with Crippen molar-refractivity contribution in [2.24, 2.45) is 7.05 Å². The summed E-state index contributed by atoms with van der Waals surface area (Å²) in [5.74, 6) is -0.624. The van der Waals surface area contributed by atoms with Gasteiger partial charge in [-0.05, 0) is 36.8 Å². The summed E-state index contributed by atoms with van der Waals surface area (Å²) < 4.78 is 41.9. The van der Waals surface area contributed by atoms with Crippen molar-refractivity contribution < 1.29 is 23.1 Å². The van der Waals surface area contributed by atoms with Crippen LogP contribution in [-0.4, -0.2) is 31.0 Å². The molecule has 0 saturated carbocycles. The Hall–Kier alpha value is -4.44. The number of carbonyl (C=O) groups excluding carboxylic acids is 1. The standard InChI is InChI=1S/C27H22F3N5O2/c1-15(36)23-20-11-10-18(16-6-4-3-5-7-16)24(25(20)33-32-23)31-26(37)19-9-8-17(27(28,29)30)14-21(19)22-12-13-35(2)34-22/h3-15,36H,1-2H3,(H,31,37)(H,32,33)/t15-/m0/s1. The van der Waals surface area contributed by atoms with Crippen LogP contribution in [0.2, 0.25) is 0 Å². The van der Waals surface area contributed by atoms with Crippen LogP contribution in [0.1, 0.15) is 34.6 Å². The Morgan fingerprint density at radius 3 is 2.46 bits per heavy atom. The topological polar surface area (TPSA) is 95.8 Å². The average molecular weight is 506 g/mol. The van der Waals surface area contributed by atoms with E-state index in [0.29, 0.717) is 27.8 Å². The first kappa shape index (κ1) is 24.3. The molecule has 0 spiro atoms. The monoisotopic (exact) mass is 505 g/mol. The van der Waals surface area contributed by atoms with Crippen molar-refractivity contribution in [1.29, 1.82) is 0 Å². The van der Waals surface area contributed by atoms with E-state index in [-0.39, 0.29) is 16.8 Å². The summed E-state index contributed by atoms with van der Waals surface area (Å²) in [7, 11) is 1.64. The number of alkyl halides is 3. The molecule has 3 aromatic carbocycles. The number of amides is 1. The summed E-state index contributed by atoms with van der Waals surface area (Å²) in [6.45, 7) is 1.59. The van der Waals surface area contributed by atoms with Gasteiger partial charge in [0.1, 0.15) is 5.52 Å². The van der Waals surface area contributed by atoms with Crippen molar-refractivity contribution >= 4 is 22.5 Å². The molecule has 0 aliphatic heterocycles. The number of H-pyrrole nitrogens is 1. The van der Waals surface area contributed by atoms with Gasteiger partial charge in [-0.15, -0.1) is 0 Å². The Morgan fingerprint density at radius 2 is 1.81 bits per heavy atom. The van der Waals surface area contributed by atoms with Crippen molar-refractivity contribution in [3.8, 4) is 22.4 Å². The molecule has 2 aromatic heterocycles. The largest absolute Gasteiger partial charge is 0.416 e. The van der Waals surface area contributed by atoms with Gasteiger partial charge in [-0.3, -0.25) is 14.6 Å². The lowest BCUT2D eigenvalue weighted by molar-refractivity contribution is -0.137. The van der Waals surface area contributed by atoms with Crippen LogP contribution in [0, 0.1) is 0 Å². The van der Waals surface area contributed by atoms with Gasteiger partial charge in [0, 0.05) is 35.3 Å². The predicted octanol–water partition coefficient (Wildman–Crippen LogP) is 5.95. The molecule has 0 radical (unpaired) electrons. The molecule has 37 heavy (non-hydrogen) atoms. The number of anilines is 1. The average Bonchev–Trinajstić information content (AvgIpc) is 3.50. The third-order valence-electron chi connectivity index (χ3n) is 6.08. The minimum atomic E-state index is -4.59. The zero-order chi connectivity index (χ0) is 26.3. The molecule has 5 rings (SSSR count). The number of hydrogen-bond donors (Lipinski definition) is 3. The highest BCUT2D eigenvalue weighted by Crippen LogP contribution is 2.38. The summed E-state index contributed by atoms with van der Waals surface area (Å²) in [5, 5.41) is 25.0. The molecule has 0 fully saturated rings. The Kier molecular flexibility index (Phi) is 6.04. The van der Waals surface area contributed by atoms with Gasteiger partial charge in [-0.25, -0.2) is 0 Å². The number of aliphatic hydroxyl groups is 1. The van der Waals surface area contributed by atoms with E-state index in [0.717, 1.165) is 23.8 Å². The molecule has 188 valence electrons. The number of benzene rings is 3. The van der Waals surface area contributed by atoms with E-state index in [1.165, 1.54) is 4.68 Å². The van der Waals surface area contributed by atoms with Crippen molar-refractivity contribution in [2.75, 3.05) is 5.32 Å². The number of rotatable bonds is 5. The first-order valence-corrected chi connectivity index (χ1v) is 11.4. The van der Waals surface area contributed by atoms with Gasteiger partial charge in [-0.2, -0.15) is 23.4 Å². The van der Waals surface area contributed by atoms with Gasteiger partial charge in [0.25, 0.3) is 5.91 Å². The number of carbonyl (C=O) groups is 1. The maximum Gasteiger partial charge on any atom is 0.416 e. The summed E-state index contributed by atoms with van der Waals surface area (Å²) in [6.07, 6.45) is -3.83. The maximum atomic E-state index is 13.6. The smallest absolute Gasteiger partial charge is 0.387 e. The van der Waals surface area contributed by atoms with Gasteiger partial charge >= 0.3 is 6.18 Å². The van der Waals surface area contributed by atoms with Gasteiger partial charge < -0.3 is 10.4 Å². The lowest BCUT2D eigenvalue weighted by Gasteiger charge is -2.15. The first-order chi connectivity index (χ1) is 17.6. The third-order valence-corrected chi connectivity index (χ3v) is 6.08. The van der Waals surface area contributed by atoms with Crippen molar-refractivity contribution in [2.45, 2.75) is 19.2 Å². The van der Waals surface area contributed by atoms with E-state index in [1.807, 2.05) is 30.3 Å². The molecule has 0 saturated heterocycles. The molecular formula is C27H22F3N5O2. The van der Waals surface area contributed by atoms with Crippen LogP contribution in [0.15, 0.2) is 72.9 Å². The normalized spacial score (nSPS) is 12.6. The number of nitrogens with one attached hydrogen (secondary N) is 2. The Bertz CT molecular complexity index is 1600. The molecule has 7 nitrogen and oxygen atoms in total. The second-order valence-corrected chi connectivity index (χ2v) is 8.65. The molecule has 0 aliphatic carbocycles. The molecule has 2 heterocycles. The summed E-state index contributed by atoms with van der Waals surface area (Å²) in [4.78, 5) is 13.6. The zero-order valence-electron chi connectivity index (χ0n) is 19.8. The molecule has 1 amide bonds. The quantitative estimate of drug-likeness (QED) is 0.275. The van der Waals surface area contributed by atoms with Crippen LogP contribution in [0.25, 0.3) is 33.3 Å². The highest BCUT2D eigenvalue weighted by atomic mass is 19.4. The van der Waals surface area contributed by atoms with E-state index >= 15 is 0 Å². The second-order valence-electron chi connectivity index (χ2n) is 8.65. The van der Waals surface area contributed by atoms with Crippen LogP contribution in [0.4, 0.5) is 18.9 Å². The highest BCUT2D eigenvalue weighted by molar-refractivity contribution is 6.14. The van der Waals surface area contributed by atoms with E-state index in [4.69, 9.17) is 0 Å². The number of aliphatic hydroxyl groups excluding tert-OH is 1. The van der Waals surface area contributed by atoms with E-state index < -0.39 is 23.8 Å². The molecule has 0 unspecified atom stereocenters. The van der Waals surface area contributed by atoms with Crippen LogP contribution >= 0.6 is 0 Å². The molecule has 3 N–H and O–H groups in total. The lowest BCUT2D eigenvalue weighted by Crippen LogP contribution is -2.16. The number of aromatic amines is 1. The van der Waals surface area contributed by atoms with Crippen LogP contribution in [0.3, 0.4) is 0 Å². The zero-order valence-corrected chi connectivity index (χ0v) is 19.8. The number of aromatic nitrogens is 4. The molecule has 5 aromatic rings. The Morgan fingerprint density at radius 1 is 1.05 bits per heavy atom. The van der Waals surface area contributed by atoms with Gasteiger partial charge in [-0.1, -0.05) is 42.5 Å². The summed E-state index contributed by atoms with van der Waals surface area (Å²) >= 11 is 0. The molecule has 1 atom stereocenters. The maximum absolute atomic E-state index is 13.6. The number of halogens is 3. The number of nitrogens with zero attached hydrogens (tertiary/aromatic N) is 3. The lowest BCUT2D eigenvalue weighted by atomic mass is 9.98. The fourth-order valence-electron chi connectivity index (χ4n) is 4.27. The SMILES string of the molecule is C[C@H](O)c1[nH]nc2c(NC(=O)c3ccc(C(F)(F)F)cc3-c3ccn(C)n3)c(-c3ccccc3)ccc12. The molecule has 0 bridgehead atoms. The van der Waals surface area contributed by atoms with Gasteiger partial charge in [0.05, 0.1) is 28.7 Å². The molecule has 0 aliphatic rings. The van der Waals surface area contributed by atoms with Crippen molar-refractivity contribution in [1.82, 2.24) is 20.0 Å². The number of hydrogen-bond acceptors (Lipinski definition) is 4. The Balaban J connectivity index is 1.66. The van der Waals surface area contributed by atoms with E-state index in [9.17, 15) is 23.1 Å². The van der Waals surface area contributed by atoms with E-state index in [1.54, 1.807) is 38.4 Å². The van der Waals surface area contributed by atoms with E-state index in [2.05, 4.69) is 20.6 Å². The summed E-state index contributed by atoms with van der Waals surface area (Å²) in [5.41, 5.74) is 2.15. The minimum absolute atomic E-state index is 0.0222. The minimum Gasteiger partial charge on any atom is -0.387 e. The van der Waals surface area contributed by atoms with Crippen molar-refractivity contribution in [3.05, 3.63) is 89.7 Å². The predicted molar refractivity (Wildman–Crippen MR) is 134 cm³/mol. The van der Waals surface area contributed by atoms with Gasteiger partial charge in [0.15, 0.2) is 0 Å². The van der Waals surface area contributed by atoms with Crippen LogP contribution in [0.5, 0.6) is 0 Å². The third kappa shape index (κ3) is 4.58. The second kappa shape index (κ2) is 9.21. The number of aryl methyl sites for hydroxylation is 1. The van der Waals surface area contributed by atoms with Crippen LogP contribution in [-0.2, 0) is 13.2 Å². The Labute approximate surface area is 209 Å². The number of fused-ring (bicyclic) bond motifs is 1. The highest BCUT2D eigenvalue weighted by Gasteiger charge is 2.32. The molecule has 10 heteroatoms. The molecular weight excluding hydrogens is 483 g/mol. The van der Waals surface area contributed by atoms with Crippen LogP contribution < -0.4 is 5.32 Å². The first-order valence-electron chi connectivity index (χ1n) is 11.4. The summed E-state index contributed by atoms with van der Waals surface area (Å²) in [6, 6.07) is 17.4.